The number of carbonyl (C=O) groups is 3. The van der Waals surface area contributed by atoms with Gasteiger partial charge in [0.1, 0.15) is 5.82 Å². The van der Waals surface area contributed by atoms with Gasteiger partial charge in [0.2, 0.25) is 12.1 Å². The molecule has 9 nitrogen and oxygen atoms in total. The molecule has 1 fully saturated rings. The molecule has 0 bridgehead atoms. The Kier molecular flexibility index (Phi) is 10.1. The first-order chi connectivity index (χ1) is 17.9. The highest BCUT2D eigenvalue weighted by Gasteiger charge is 2.36. The quantitative estimate of drug-likeness (QED) is 0.497. The minimum absolute atomic E-state index is 0.0220. The lowest BCUT2D eigenvalue weighted by molar-refractivity contribution is -0.141. The summed E-state index contributed by atoms with van der Waals surface area (Å²) in [7, 11) is 0. The fraction of sp³-hybridized carbons (Fsp3) is 0.444. The fourth-order valence-electron chi connectivity index (χ4n) is 4.22. The molecule has 2 aromatic rings. The van der Waals surface area contributed by atoms with Gasteiger partial charge in [-0.2, -0.15) is 0 Å². The van der Waals surface area contributed by atoms with E-state index in [-0.39, 0.29) is 25.3 Å². The second kappa shape index (κ2) is 13.3. The zero-order valence-electron chi connectivity index (χ0n) is 21.6. The van der Waals surface area contributed by atoms with E-state index in [9.17, 15) is 23.9 Å². The van der Waals surface area contributed by atoms with Gasteiger partial charge in [0, 0.05) is 55.0 Å². The molecule has 1 saturated heterocycles. The third kappa shape index (κ3) is 6.91. The van der Waals surface area contributed by atoms with Crippen molar-refractivity contribution < 1.29 is 28.6 Å². The first kappa shape index (κ1) is 28.2. The number of imide groups is 1. The maximum atomic E-state index is 14.5. The number of aliphatic hydroxyl groups excluding tert-OH is 1. The third-order valence-corrected chi connectivity index (χ3v) is 6.20. The van der Waals surface area contributed by atoms with Crippen molar-refractivity contribution in [2.24, 2.45) is 0 Å². The SMILES string of the molecule is CC.CCC(=O)NC(=O)C(O)N1Cc2c(NCc3cc(CN4CCOCC4)ccc3F)cccc2C1=O. The van der Waals surface area contributed by atoms with Crippen molar-refractivity contribution in [3.05, 3.63) is 64.5 Å². The van der Waals surface area contributed by atoms with Gasteiger partial charge in [-0.25, -0.2) is 4.39 Å². The largest absolute Gasteiger partial charge is 0.381 e. The Morgan fingerprint density at radius 1 is 1.16 bits per heavy atom. The van der Waals surface area contributed by atoms with Crippen LogP contribution in [0.2, 0.25) is 0 Å². The van der Waals surface area contributed by atoms with Crippen molar-refractivity contribution in [1.82, 2.24) is 15.1 Å². The Balaban J connectivity index is 0.00000186. The van der Waals surface area contributed by atoms with Crippen LogP contribution in [0, 0.1) is 5.82 Å². The number of rotatable bonds is 8. The average Bonchev–Trinajstić information content (AvgIpc) is 3.27. The van der Waals surface area contributed by atoms with E-state index in [2.05, 4.69) is 15.5 Å². The first-order valence-corrected chi connectivity index (χ1v) is 12.6. The number of hydrogen-bond acceptors (Lipinski definition) is 7. The van der Waals surface area contributed by atoms with Crippen molar-refractivity contribution in [1.29, 1.82) is 0 Å². The van der Waals surface area contributed by atoms with Crippen molar-refractivity contribution >= 4 is 23.4 Å². The Bertz CT molecular complexity index is 1120. The Morgan fingerprint density at radius 3 is 2.59 bits per heavy atom. The van der Waals surface area contributed by atoms with Gasteiger partial charge in [0.05, 0.1) is 19.8 Å². The number of aliphatic hydroxyl groups is 1. The lowest BCUT2D eigenvalue weighted by atomic mass is 10.1. The predicted octanol–water partition coefficient (Wildman–Crippen LogP) is 2.62. The number of morpholine rings is 1. The summed E-state index contributed by atoms with van der Waals surface area (Å²) in [5.74, 6) is -2.35. The van der Waals surface area contributed by atoms with Crippen molar-refractivity contribution in [3.8, 4) is 0 Å². The molecule has 0 saturated carbocycles. The van der Waals surface area contributed by atoms with E-state index in [0.717, 1.165) is 23.6 Å². The number of nitrogens with zero attached hydrogens (tertiary/aromatic N) is 2. The number of ether oxygens (including phenoxy) is 1. The molecule has 3 amide bonds. The van der Waals surface area contributed by atoms with Crippen molar-refractivity contribution in [2.45, 2.75) is 53.1 Å². The van der Waals surface area contributed by atoms with Gasteiger partial charge in [0.15, 0.2) is 0 Å². The number of carbonyl (C=O) groups excluding carboxylic acids is 3. The summed E-state index contributed by atoms with van der Waals surface area (Å²) >= 11 is 0. The Hall–Kier alpha value is -3.34. The summed E-state index contributed by atoms with van der Waals surface area (Å²) in [6.45, 7) is 9.51. The van der Waals surface area contributed by atoms with Gasteiger partial charge < -0.3 is 20.1 Å². The molecule has 200 valence electrons. The van der Waals surface area contributed by atoms with Gasteiger partial charge in [-0.3, -0.25) is 24.6 Å². The minimum atomic E-state index is -1.80. The monoisotopic (exact) mass is 514 g/mol. The summed E-state index contributed by atoms with van der Waals surface area (Å²) in [5, 5.41) is 15.6. The molecule has 1 unspecified atom stereocenters. The van der Waals surface area contributed by atoms with E-state index in [0.29, 0.717) is 42.1 Å². The number of hydrogen-bond donors (Lipinski definition) is 3. The van der Waals surface area contributed by atoms with Crippen LogP contribution in [0.4, 0.5) is 10.1 Å². The summed E-state index contributed by atoms with van der Waals surface area (Å²) in [5.41, 5.74) is 3.03. The molecule has 0 aromatic heterocycles. The molecule has 2 heterocycles. The molecule has 1 atom stereocenters. The molecular formula is C27H35FN4O5. The molecule has 3 N–H and O–H groups in total. The smallest absolute Gasteiger partial charge is 0.276 e. The van der Waals surface area contributed by atoms with Crippen LogP contribution in [0.1, 0.15) is 54.2 Å². The molecular weight excluding hydrogens is 479 g/mol. The number of nitrogens with one attached hydrogen (secondary N) is 2. The predicted molar refractivity (Wildman–Crippen MR) is 137 cm³/mol. The number of fused-ring (bicyclic) bond motifs is 1. The van der Waals surface area contributed by atoms with E-state index in [1.807, 2.05) is 19.9 Å². The number of benzene rings is 2. The molecule has 10 heteroatoms. The van der Waals surface area contributed by atoms with Crippen LogP contribution >= 0.6 is 0 Å². The van der Waals surface area contributed by atoms with E-state index >= 15 is 0 Å². The van der Waals surface area contributed by atoms with Crippen LogP contribution in [0.5, 0.6) is 0 Å². The van der Waals surface area contributed by atoms with Gasteiger partial charge in [-0.15, -0.1) is 0 Å². The standard InChI is InChI=1S/C25H29FN4O5.C2H6/c1-2-22(31)28-23(32)25(34)30-15-19-18(24(30)33)4-3-5-21(19)27-13-17-12-16(6-7-20(17)26)14-29-8-10-35-11-9-29;1-2/h3-7,12,25,27,34H,2,8-11,13-15H2,1H3,(H,28,31,32);1-2H3. The first-order valence-electron chi connectivity index (χ1n) is 12.6. The lowest BCUT2D eigenvalue weighted by Crippen LogP contribution is -2.48. The van der Waals surface area contributed by atoms with Crippen molar-refractivity contribution in [2.75, 3.05) is 31.6 Å². The Labute approximate surface area is 216 Å². The minimum Gasteiger partial charge on any atom is -0.381 e. The summed E-state index contributed by atoms with van der Waals surface area (Å²) in [4.78, 5) is 39.7. The zero-order valence-corrected chi connectivity index (χ0v) is 21.6. The topological polar surface area (TPSA) is 111 Å². The molecule has 0 spiro atoms. The van der Waals surface area contributed by atoms with Crippen LogP contribution in [0.25, 0.3) is 0 Å². The summed E-state index contributed by atoms with van der Waals surface area (Å²) < 4.78 is 19.9. The second-order valence-corrected chi connectivity index (χ2v) is 8.57. The van der Waals surface area contributed by atoms with Crippen LogP contribution in [-0.2, 0) is 34.0 Å². The molecule has 4 rings (SSSR count). The van der Waals surface area contributed by atoms with Crippen LogP contribution in [-0.4, -0.2) is 65.2 Å². The third-order valence-electron chi connectivity index (χ3n) is 6.20. The molecule has 2 aliphatic rings. The van der Waals surface area contributed by atoms with Gasteiger partial charge in [-0.1, -0.05) is 32.9 Å². The van der Waals surface area contributed by atoms with Gasteiger partial charge in [-0.05, 0) is 29.8 Å². The van der Waals surface area contributed by atoms with E-state index < -0.39 is 23.9 Å². The lowest BCUT2D eigenvalue weighted by Gasteiger charge is -2.26. The average molecular weight is 515 g/mol. The normalized spacial score (nSPS) is 15.9. The Morgan fingerprint density at radius 2 is 1.89 bits per heavy atom. The second-order valence-electron chi connectivity index (χ2n) is 8.57. The van der Waals surface area contributed by atoms with Crippen LogP contribution in [0.15, 0.2) is 36.4 Å². The van der Waals surface area contributed by atoms with Crippen LogP contribution in [0.3, 0.4) is 0 Å². The molecule has 2 aromatic carbocycles. The van der Waals surface area contributed by atoms with E-state index in [1.54, 1.807) is 31.2 Å². The molecule has 0 radical (unpaired) electrons. The van der Waals surface area contributed by atoms with Gasteiger partial charge in [0.25, 0.3) is 11.8 Å². The summed E-state index contributed by atoms with van der Waals surface area (Å²) in [6.07, 6.45) is -1.72. The maximum absolute atomic E-state index is 14.5. The maximum Gasteiger partial charge on any atom is 0.276 e. The molecule has 37 heavy (non-hydrogen) atoms. The van der Waals surface area contributed by atoms with E-state index in [4.69, 9.17) is 4.74 Å². The van der Waals surface area contributed by atoms with Gasteiger partial charge >= 0.3 is 0 Å². The molecule has 0 aliphatic carbocycles. The van der Waals surface area contributed by atoms with Crippen LogP contribution < -0.4 is 10.6 Å². The highest BCUT2D eigenvalue weighted by molar-refractivity contribution is 6.04. The van der Waals surface area contributed by atoms with Crippen molar-refractivity contribution in [3.63, 3.8) is 0 Å². The number of anilines is 1. The molecule has 2 aliphatic heterocycles. The number of halogens is 1. The summed E-state index contributed by atoms with van der Waals surface area (Å²) in [6, 6.07) is 10.1. The fourth-order valence-corrected chi connectivity index (χ4v) is 4.22. The highest BCUT2D eigenvalue weighted by Crippen LogP contribution is 2.31. The highest BCUT2D eigenvalue weighted by atomic mass is 19.1. The zero-order chi connectivity index (χ0) is 26.9. The number of amides is 3. The van der Waals surface area contributed by atoms with E-state index in [1.165, 1.54) is 6.07 Å².